The molecule has 0 saturated carbocycles. The Hall–Kier alpha value is -1.80. The first-order chi connectivity index (χ1) is 14.2. The number of amides is 1. The zero-order chi connectivity index (χ0) is 21.9. The average molecular weight is 471 g/mol. The molecule has 0 spiro atoms. The minimum Gasteiger partial charge on any atom is -0.495 e. The van der Waals surface area contributed by atoms with Gasteiger partial charge in [0, 0.05) is 29.1 Å². The molecule has 2 aromatic rings. The van der Waals surface area contributed by atoms with Crippen LogP contribution in [-0.2, 0) is 20.6 Å². The van der Waals surface area contributed by atoms with Crippen molar-refractivity contribution in [2.45, 2.75) is 25.5 Å². The Morgan fingerprint density at radius 1 is 1.17 bits per heavy atom. The molecule has 0 atom stereocenters. The maximum absolute atomic E-state index is 12.8. The molecule has 1 heterocycles. The smallest absolute Gasteiger partial charge is 0.227 e. The Bertz CT molecular complexity index is 1040. The molecule has 0 radical (unpaired) electrons. The minimum absolute atomic E-state index is 0.128. The Kier molecular flexibility index (Phi) is 7.29. The number of halogens is 2. The van der Waals surface area contributed by atoms with Crippen molar-refractivity contribution in [3.05, 3.63) is 57.6 Å². The van der Waals surface area contributed by atoms with Crippen LogP contribution in [0.1, 0.15) is 24.0 Å². The predicted octanol–water partition coefficient (Wildman–Crippen LogP) is 4.49. The molecule has 0 bridgehead atoms. The Labute approximate surface area is 187 Å². The lowest BCUT2D eigenvalue weighted by molar-refractivity contribution is -0.120. The second-order valence-electron chi connectivity index (χ2n) is 7.36. The van der Waals surface area contributed by atoms with Gasteiger partial charge in [-0.25, -0.2) is 12.7 Å². The number of methoxy groups -OCH3 is 1. The van der Waals surface area contributed by atoms with Crippen LogP contribution in [0.25, 0.3) is 0 Å². The fourth-order valence-corrected chi connectivity index (χ4v) is 5.63. The third-order valence-corrected chi connectivity index (χ3v) is 7.60. The fraction of sp³-hybridized carbons (Fsp3) is 0.381. The van der Waals surface area contributed by atoms with Crippen LogP contribution >= 0.6 is 23.2 Å². The van der Waals surface area contributed by atoms with Crippen molar-refractivity contribution >= 4 is 44.8 Å². The third kappa shape index (κ3) is 5.46. The largest absolute Gasteiger partial charge is 0.495 e. The highest BCUT2D eigenvalue weighted by molar-refractivity contribution is 7.88. The summed E-state index contributed by atoms with van der Waals surface area (Å²) >= 11 is 12.0. The van der Waals surface area contributed by atoms with Crippen molar-refractivity contribution in [2.24, 2.45) is 5.92 Å². The molecule has 0 unspecified atom stereocenters. The summed E-state index contributed by atoms with van der Waals surface area (Å²) in [4.78, 5) is 12.7. The quantitative estimate of drug-likeness (QED) is 0.674. The average Bonchev–Trinajstić information content (AvgIpc) is 2.70. The first kappa shape index (κ1) is 22.9. The second kappa shape index (κ2) is 9.56. The number of hydrogen-bond acceptors (Lipinski definition) is 4. The Morgan fingerprint density at radius 2 is 1.87 bits per heavy atom. The maximum Gasteiger partial charge on any atom is 0.227 e. The van der Waals surface area contributed by atoms with Crippen molar-refractivity contribution in [1.29, 1.82) is 0 Å². The van der Waals surface area contributed by atoms with E-state index in [9.17, 15) is 13.2 Å². The number of nitrogens with one attached hydrogen (secondary N) is 1. The molecule has 2 aromatic carbocycles. The van der Waals surface area contributed by atoms with Gasteiger partial charge in [0.15, 0.2) is 0 Å². The van der Waals surface area contributed by atoms with Crippen molar-refractivity contribution in [1.82, 2.24) is 4.31 Å². The van der Waals surface area contributed by atoms with E-state index in [2.05, 4.69) is 5.32 Å². The summed E-state index contributed by atoms with van der Waals surface area (Å²) in [6, 6.07) is 10.3. The number of aryl methyl sites for hydroxylation is 1. The van der Waals surface area contributed by atoms with Crippen LogP contribution in [0.5, 0.6) is 5.75 Å². The van der Waals surface area contributed by atoms with Crippen LogP contribution in [0.15, 0.2) is 36.4 Å². The van der Waals surface area contributed by atoms with Crippen molar-refractivity contribution in [3.8, 4) is 5.75 Å². The fourth-order valence-electron chi connectivity index (χ4n) is 3.48. The molecule has 0 aromatic heterocycles. The Balaban J connectivity index is 1.61. The number of carbonyl (C=O) groups excluding carboxylic acids is 1. The van der Waals surface area contributed by atoms with Gasteiger partial charge in [-0.1, -0.05) is 35.3 Å². The number of carbonyl (C=O) groups is 1. The van der Waals surface area contributed by atoms with Crippen LogP contribution in [0.2, 0.25) is 10.0 Å². The number of benzene rings is 2. The summed E-state index contributed by atoms with van der Waals surface area (Å²) in [5.74, 6) is 0.00618. The van der Waals surface area contributed by atoms with Gasteiger partial charge in [-0.05, 0) is 55.2 Å². The molecular formula is C21H24Cl2N2O4S. The highest BCUT2D eigenvalue weighted by Gasteiger charge is 2.31. The number of ether oxygens (including phenoxy) is 1. The lowest BCUT2D eigenvalue weighted by Crippen LogP contribution is -2.41. The van der Waals surface area contributed by atoms with Gasteiger partial charge >= 0.3 is 0 Å². The van der Waals surface area contributed by atoms with E-state index in [1.54, 1.807) is 19.2 Å². The first-order valence-electron chi connectivity index (χ1n) is 9.57. The van der Waals surface area contributed by atoms with Gasteiger partial charge in [0.05, 0.1) is 18.6 Å². The monoisotopic (exact) mass is 470 g/mol. The molecular weight excluding hydrogens is 447 g/mol. The van der Waals surface area contributed by atoms with Crippen LogP contribution in [0, 0.1) is 12.8 Å². The maximum atomic E-state index is 12.8. The van der Waals surface area contributed by atoms with Crippen molar-refractivity contribution in [2.75, 3.05) is 25.5 Å². The summed E-state index contributed by atoms with van der Waals surface area (Å²) in [5, 5.41) is 3.70. The molecule has 1 N–H and O–H groups in total. The van der Waals surface area contributed by atoms with E-state index in [0.29, 0.717) is 39.9 Å². The highest BCUT2D eigenvalue weighted by atomic mass is 35.5. The zero-order valence-corrected chi connectivity index (χ0v) is 19.1. The van der Waals surface area contributed by atoms with Gasteiger partial charge in [0.25, 0.3) is 0 Å². The van der Waals surface area contributed by atoms with E-state index in [1.165, 1.54) is 10.4 Å². The Morgan fingerprint density at radius 3 is 2.50 bits per heavy atom. The number of nitrogens with zero attached hydrogens (tertiary/aromatic N) is 1. The lowest BCUT2D eigenvalue weighted by atomic mass is 9.97. The molecule has 1 aliphatic heterocycles. The van der Waals surface area contributed by atoms with Gasteiger partial charge in [-0.2, -0.15) is 0 Å². The van der Waals surface area contributed by atoms with Crippen molar-refractivity contribution < 1.29 is 17.9 Å². The van der Waals surface area contributed by atoms with Gasteiger partial charge < -0.3 is 10.1 Å². The zero-order valence-electron chi connectivity index (χ0n) is 16.8. The third-order valence-electron chi connectivity index (χ3n) is 5.18. The molecule has 0 aliphatic carbocycles. The molecule has 9 heteroatoms. The summed E-state index contributed by atoms with van der Waals surface area (Å²) in [6.07, 6.45) is 0.904. The topological polar surface area (TPSA) is 75.7 Å². The summed E-state index contributed by atoms with van der Waals surface area (Å²) in [5.41, 5.74) is 2.13. The van der Waals surface area contributed by atoms with Gasteiger partial charge in [-0.15, -0.1) is 0 Å². The van der Waals surface area contributed by atoms with Gasteiger partial charge in [0.1, 0.15) is 5.75 Å². The van der Waals surface area contributed by atoms with Gasteiger partial charge in [-0.3, -0.25) is 4.79 Å². The highest BCUT2D eigenvalue weighted by Crippen LogP contribution is 2.29. The van der Waals surface area contributed by atoms with Gasteiger partial charge in [0.2, 0.25) is 15.9 Å². The van der Waals surface area contributed by atoms with Crippen molar-refractivity contribution in [3.63, 3.8) is 0 Å². The molecule has 6 nitrogen and oxygen atoms in total. The summed E-state index contributed by atoms with van der Waals surface area (Å²) < 4.78 is 32.3. The van der Waals surface area contributed by atoms with Crippen LogP contribution in [0.4, 0.5) is 5.69 Å². The van der Waals surface area contributed by atoms with Crippen LogP contribution in [0.3, 0.4) is 0 Å². The normalized spacial score (nSPS) is 15.7. The molecule has 162 valence electrons. The number of sulfonamides is 1. The molecule has 1 fully saturated rings. The minimum atomic E-state index is -3.54. The SMILES string of the molecule is COc1ccc(C)cc1NC(=O)C1CCN(S(=O)(=O)Cc2ccc(Cl)cc2Cl)CC1. The number of piperidine rings is 1. The van der Waals surface area contributed by atoms with E-state index in [4.69, 9.17) is 27.9 Å². The summed E-state index contributed by atoms with van der Waals surface area (Å²) in [6.45, 7) is 2.51. The standard InChI is InChI=1S/C21H24Cl2N2O4S/c1-14-3-6-20(29-2)19(11-14)24-21(26)15-7-9-25(10-8-15)30(27,28)13-16-4-5-17(22)12-18(16)23/h3-6,11-12,15H,7-10,13H2,1-2H3,(H,24,26). The van der Waals surface area contributed by atoms with E-state index in [0.717, 1.165) is 5.56 Å². The van der Waals surface area contributed by atoms with E-state index >= 15 is 0 Å². The molecule has 1 saturated heterocycles. The second-order valence-corrected chi connectivity index (χ2v) is 10.2. The van der Waals surface area contributed by atoms with E-state index in [1.807, 2.05) is 25.1 Å². The molecule has 1 amide bonds. The molecule has 30 heavy (non-hydrogen) atoms. The lowest BCUT2D eigenvalue weighted by Gasteiger charge is -2.30. The number of rotatable bonds is 6. The van der Waals surface area contributed by atoms with E-state index in [-0.39, 0.29) is 30.7 Å². The van der Waals surface area contributed by atoms with E-state index < -0.39 is 10.0 Å². The van der Waals surface area contributed by atoms with Crippen LogP contribution in [-0.4, -0.2) is 38.8 Å². The number of anilines is 1. The molecule has 3 rings (SSSR count). The molecule has 1 aliphatic rings. The first-order valence-corrected chi connectivity index (χ1v) is 11.9. The van der Waals surface area contributed by atoms with Crippen LogP contribution < -0.4 is 10.1 Å². The number of hydrogen-bond donors (Lipinski definition) is 1. The predicted molar refractivity (Wildman–Crippen MR) is 120 cm³/mol. The summed E-state index contributed by atoms with van der Waals surface area (Å²) in [7, 11) is -1.99.